The smallest absolute Gasteiger partial charge is 0.268 e. The summed E-state index contributed by atoms with van der Waals surface area (Å²) >= 11 is 0. The number of aliphatic hydroxyl groups excluding tert-OH is 1. The quantitative estimate of drug-likeness (QED) is 0.112. The number of carbonyl (C=O) groups excluding carboxylic acids is 1. The van der Waals surface area contributed by atoms with Crippen LogP contribution in [0.3, 0.4) is 0 Å². The highest BCUT2D eigenvalue weighted by molar-refractivity contribution is 7.45. The van der Waals surface area contributed by atoms with Crippen molar-refractivity contribution in [3.63, 3.8) is 0 Å². The molecule has 2 N–H and O–H groups in total. The molecule has 28 heavy (non-hydrogen) atoms. The molecule has 0 saturated heterocycles. The van der Waals surface area contributed by atoms with Crippen LogP contribution in [0, 0.1) is 0 Å². The van der Waals surface area contributed by atoms with Gasteiger partial charge in [0.05, 0.1) is 34.4 Å². The predicted molar refractivity (Wildman–Crippen MR) is 104 cm³/mol. The van der Waals surface area contributed by atoms with Crippen molar-refractivity contribution in [3.8, 4) is 0 Å². The zero-order valence-electron chi connectivity index (χ0n) is 17.7. The Balaban J connectivity index is 4.62. The van der Waals surface area contributed by atoms with Crippen molar-refractivity contribution in [3.05, 3.63) is 0 Å². The third-order valence-electron chi connectivity index (χ3n) is 4.13. The molecule has 168 valence electrons. The lowest BCUT2D eigenvalue weighted by molar-refractivity contribution is -0.872. The van der Waals surface area contributed by atoms with Crippen molar-refractivity contribution in [2.45, 2.75) is 70.5 Å². The van der Waals surface area contributed by atoms with Gasteiger partial charge in [0.2, 0.25) is 0 Å². The Morgan fingerprint density at radius 2 is 1.68 bits per heavy atom. The molecule has 10 heteroatoms. The SMILES string of the molecule is CCCCCCCCCC(=O)C(C[N+](C)(C)C)OP(=O)([O-])OC[C@@H](CO)OO. The summed E-state index contributed by atoms with van der Waals surface area (Å²) < 4.78 is 22.0. The molecule has 0 bridgehead atoms. The Labute approximate surface area is 168 Å². The fraction of sp³-hybridized carbons (Fsp3) is 0.944. The second-order valence-corrected chi connectivity index (χ2v) is 9.42. The van der Waals surface area contributed by atoms with Gasteiger partial charge in [-0.15, -0.1) is 0 Å². The molecular formula is C18H38NO8P. The van der Waals surface area contributed by atoms with Gasteiger partial charge in [0.25, 0.3) is 7.82 Å². The fourth-order valence-corrected chi connectivity index (χ4v) is 3.49. The summed E-state index contributed by atoms with van der Waals surface area (Å²) in [6, 6.07) is 0. The van der Waals surface area contributed by atoms with Gasteiger partial charge < -0.3 is 23.5 Å². The maximum absolute atomic E-state index is 12.5. The molecule has 0 aromatic heterocycles. The van der Waals surface area contributed by atoms with Gasteiger partial charge in [-0.1, -0.05) is 45.4 Å². The van der Waals surface area contributed by atoms with Crippen molar-refractivity contribution in [1.29, 1.82) is 0 Å². The van der Waals surface area contributed by atoms with Gasteiger partial charge >= 0.3 is 0 Å². The molecule has 0 radical (unpaired) electrons. The van der Waals surface area contributed by atoms with Crippen molar-refractivity contribution in [2.75, 3.05) is 40.9 Å². The van der Waals surface area contributed by atoms with Crippen LogP contribution in [0.2, 0.25) is 0 Å². The Hall–Kier alpha value is -0.380. The van der Waals surface area contributed by atoms with Crippen LogP contribution in [0.15, 0.2) is 0 Å². The molecule has 0 aliphatic rings. The van der Waals surface area contributed by atoms with Gasteiger partial charge in [0.15, 0.2) is 11.9 Å². The van der Waals surface area contributed by atoms with E-state index in [4.69, 9.17) is 14.9 Å². The molecule has 9 nitrogen and oxygen atoms in total. The summed E-state index contributed by atoms with van der Waals surface area (Å²) in [5, 5.41) is 17.4. The van der Waals surface area contributed by atoms with E-state index in [1.807, 2.05) is 21.1 Å². The van der Waals surface area contributed by atoms with Gasteiger partial charge in [-0.2, -0.15) is 0 Å². The summed E-state index contributed by atoms with van der Waals surface area (Å²) in [4.78, 5) is 28.4. The van der Waals surface area contributed by atoms with Crippen LogP contribution in [0.25, 0.3) is 0 Å². The maximum atomic E-state index is 12.5. The minimum absolute atomic E-state index is 0.171. The van der Waals surface area contributed by atoms with E-state index >= 15 is 0 Å². The van der Waals surface area contributed by atoms with Crippen molar-refractivity contribution < 1.29 is 43.0 Å². The molecule has 0 fully saturated rings. The molecular weight excluding hydrogens is 389 g/mol. The molecule has 0 saturated carbocycles. The molecule has 2 unspecified atom stereocenters. The number of rotatable bonds is 18. The van der Waals surface area contributed by atoms with Crippen molar-refractivity contribution in [1.82, 2.24) is 0 Å². The normalized spacial score (nSPS) is 16.5. The summed E-state index contributed by atoms with van der Waals surface area (Å²) in [6.45, 7) is 1.09. The molecule has 0 aromatic rings. The van der Waals surface area contributed by atoms with Crippen LogP contribution >= 0.6 is 7.82 Å². The number of aliphatic hydroxyl groups is 1. The fourth-order valence-electron chi connectivity index (χ4n) is 2.59. The van der Waals surface area contributed by atoms with Crippen molar-refractivity contribution >= 4 is 13.6 Å². The van der Waals surface area contributed by atoms with Gasteiger partial charge in [0, 0.05) is 6.42 Å². The first-order valence-electron chi connectivity index (χ1n) is 9.93. The number of carbonyl (C=O) groups is 1. The minimum Gasteiger partial charge on any atom is -0.756 e. The summed E-state index contributed by atoms with van der Waals surface area (Å²) in [5.74, 6) is -0.279. The first kappa shape index (κ1) is 27.6. The number of hydrogen-bond acceptors (Lipinski definition) is 8. The second-order valence-electron chi connectivity index (χ2n) is 8.06. The maximum Gasteiger partial charge on any atom is 0.268 e. The number of phosphoric ester groups is 1. The van der Waals surface area contributed by atoms with Gasteiger partial charge in [-0.05, 0) is 6.42 Å². The lowest BCUT2D eigenvalue weighted by atomic mass is 10.0. The third kappa shape index (κ3) is 14.6. The zero-order valence-corrected chi connectivity index (χ0v) is 18.6. The average molecular weight is 427 g/mol. The number of quaternary nitrogens is 1. The minimum atomic E-state index is -4.81. The third-order valence-corrected chi connectivity index (χ3v) is 5.10. The number of phosphoric acid groups is 1. The molecule has 0 amide bonds. The molecule has 0 spiro atoms. The highest BCUT2D eigenvalue weighted by atomic mass is 31.2. The van der Waals surface area contributed by atoms with E-state index in [-0.39, 0.29) is 18.7 Å². The van der Waals surface area contributed by atoms with E-state index in [1.54, 1.807) is 0 Å². The van der Waals surface area contributed by atoms with E-state index in [0.717, 1.165) is 19.3 Å². The number of ketones is 1. The monoisotopic (exact) mass is 427 g/mol. The highest BCUT2D eigenvalue weighted by Gasteiger charge is 2.30. The molecule has 0 aliphatic heterocycles. The van der Waals surface area contributed by atoms with E-state index in [1.165, 1.54) is 19.3 Å². The topological polar surface area (TPSA) is 125 Å². The van der Waals surface area contributed by atoms with Crippen LogP contribution in [0.5, 0.6) is 0 Å². The molecule has 0 heterocycles. The largest absolute Gasteiger partial charge is 0.756 e. The van der Waals surface area contributed by atoms with E-state index < -0.39 is 33.2 Å². The van der Waals surface area contributed by atoms with E-state index in [0.29, 0.717) is 10.9 Å². The number of nitrogens with zero attached hydrogens (tertiary/aromatic N) is 1. The van der Waals surface area contributed by atoms with E-state index in [2.05, 4.69) is 16.3 Å². The molecule has 3 atom stereocenters. The van der Waals surface area contributed by atoms with Crippen LogP contribution < -0.4 is 4.89 Å². The number of Topliss-reactive ketones (excluding diaryl/α,β-unsaturated/α-hetero) is 1. The Kier molecular flexibility index (Phi) is 14.4. The summed E-state index contributed by atoms with van der Waals surface area (Å²) in [7, 11) is 0.677. The summed E-state index contributed by atoms with van der Waals surface area (Å²) in [5.41, 5.74) is 0. The van der Waals surface area contributed by atoms with Crippen LogP contribution in [-0.4, -0.2) is 73.7 Å². The first-order valence-corrected chi connectivity index (χ1v) is 11.4. The average Bonchev–Trinajstić information content (AvgIpc) is 2.59. The number of likely N-dealkylation sites (N-methyl/N-ethyl adjacent to an activating group) is 1. The Bertz CT molecular complexity index is 465. The van der Waals surface area contributed by atoms with Crippen LogP contribution in [0.1, 0.15) is 58.3 Å². The second kappa shape index (κ2) is 14.6. The molecule has 0 rings (SSSR count). The lowest BCUT2D eigenvalue weighted by Crippen LogP contribution is -2.45. The first-order chi connectivity index (χ1) is 13.0. The Morgan fingerprint density at radius 3 is 2.18 bits per heavy atom. The van der Waals surface area contributed by atoms with Gasteiger partial charge in [-0.25, -0.2) is 4.89 Å². The van der Waals surface area contributed by atoms with Crippen molar-refractivity contribution in [2.24, 2.45) is 0 Å². The highest BCUT2D eigenvalue weighted by Crippen LogP contribution is 2.40. The molecule has 0 aromatic carbocycles. The lowest BCUT2D eigenvalue weighted by Gasteiger charge is -2.32. The van der Waals surface area contributed by atoms with Crippen LogP contribution in [-0.2, 0) is 23.3 Å². The van der Waals surface area contributed by atoms with Crippen LogP contribution in [0.4, 0.5) is 0 Å². The van der Waals surface area contributed by atoms with E-state index in [9.17, 15) is 14.3 Å². The number of hydrogen-bond donors (Lipinski definition) is 2. The van der Waals surface area contributed by atoms with Gasteiger partial charge in [-0.3, -0.25) is 14.6 Å². The Morgan fingerprint density at radius 1 is 1.11 bits per heavy atom. The zero-order chi connectivity index (χ0) is 21.6. The molecule has 0 aliphatic carbocycles. The standard InChI is InChI=1S/C18H38NO8P/c1-5-6-7-8-9-10-11-12-17(21)18(13-19(2,3)4)27-28(23,24)25-15-16(14-20)26-22/h16,18,20H,5-15H2,1-4H3,(H-,22,23,24)/t16-,18?/m1/s1. The predicted octanol–water partition coefficient (Wildman–Crippen LogP) is 2.12. The summed E-state index contributed by atoms with van der Waals surface area (Å²) in [6.07, 6.45) is 5.29. The van der Waals surface area contributed by atoms with Gasteiger partial charge in [0.1, 0.15) is 12.6 Å². The number of unbranched alkanes of at least 4 members (excludes halogenated alkanes) is 6.